The Kier molecular flexibility index (Phi) is 8.77. The van der Waals surface area contributed by atoms with Crippen LogP contribution in [0.4, 0.5) is 18.9 Å². The van der Waals surface area contributed by atoms with Crippen LogP contribution in [0.15, 0.2) is 24.3 Å². The molecule has 37 heavy (non-hydrogen) atoms. The number of fused-ring (bicyclic) bond motifs is 2. The number of likely N-dealkylation sites (tertiary alicyclic amines) is 2. The van der Waals surface area contributed by atoms with Crippen molar-refractivity contribution in [3.8, 4) is 0 Å². The molecule has 3 atom stereocenters. The maximum absolute atomic E-state index is 13.0. The van der Waals surface area contributed by atoms with Crippen LogP contribution < -0.4 is 10.2 Å². The van der Waals surface area contributed by atoms with Gasteiger partial charge < -0.3 is 25.1 Å². The molecule has 0 saturated carbocycles. The summed E-state index contributed by atoms with van der Waals surface area (Å²) in [6.07, 6.45) is -2.19. The Morgan fingerprint density at radius 1 is 1.16 bits per heavy atom. The number of halogens is 3. The zero-order valence-corrected chi connectivity index (χ0v) is 21.8. The lowest BCUT2D eigenvalue weighted by Gasteiger charge is -2.43. The molecule has 1 unspecified atom stereocenters. The number of carbonyl (C=O) groups excluding carboxylic acids is 2. The molecule has 0 radical (unpaired) electrons. The molecule has 3 aliphatic heterocycles. The van der Waals surface area contributed by atoms with E-state index in [1.54, 1.807) is 0 Å². The van der Waals surface area contributed by atoms with Crippen molar-refractivity contribution in [1.29, 1.82) is 0 Å². The third-order valence-corrected chi connectivity index (χ3v) is 7.90. The average Bonchev–Trinajstić information content (AvgIpc) is 3.37. The van der Waals surface area contributed by atoms with Crippen molar-refractivity contribution in [2.24, 2.45) is 17.8 Å². The highest BCUT2D eigenvalue weighted by molar-refractivity contribution is 5.94. The summed E-state index contributed by atoms with van der Waals surface area (Å²) >= 11 is 0. The number of hydrogen-bond donors (Lipinski definition) is 2. The van der Waals surface area contributed by atoms with E-state index in [9.17, 15) is 22.8 Å². The van der Waals surface area contributed by atoms with E-state index in [0.29, 0.717) is 24.9 Å². The van der Waals surface area contributed by atoms with Crippen molar-refractivity contribution in [2.45, 2.75) is 44.8 Å². The number of anilines is 1. The molecule has 206 valence electrons. The van der Waals surface area contributed by atoms with Crippen molar-refractivity contribution < 1.29 is 32.7 Å². The molecule has 1 aromatic rings. The van der Waals surface area contributed by atoms with Gasteiger partial charge in [-0.05, 0) is 43.0 Å². The van der Waals surface area contributed by atoms with Gasteiger partial charge in [-0.25, -0.2) is 4.79 Å². The van der Waals surface area contributed by atoms with E-state index < -0.39 is 12.1 Å². The fourth-order valence-electron chi connectivity index (χ4n) is 5.55. The van der Waals surface area contributed by atoms with Gasteiger partial charge in [0, 0.05) is 69.5 Å². The van der Waals surface area contributed by atoms with Crippen molar-refractivity contribution in [3.05, 3.63) is 29.8 Å². The summed E-state index contributed by atoms with van der Waals surface area (Å²) in [5.41, 5.74) is 1.70. The lowest BCUT2D eigenvalue weighted by Crippen LogP contribution is -2.56. The van der Waals surface area contributed by atoms with E-state index in [4.69, 9.17) is 9.90 Å². The molecule has 3 fully saturated rings. The summed E-state index contributed by atoms with van der Waals surface area (Å²) in [7, 11) is 3.99. The van der Waals surface area contributed by atoms with Gasteiger partial charge in [-0.1, -0.05) is 20.3 Å². The molecule has 3 saturated heterocycles. The summed E-state index contributed by atoms with van der Waals surface area (Å²) in [6, 6.07) is 7.81. The molecular formula is C26H37F3N4O4. The molecule has 11 heteroatoms. The standard InChI is InChI=1S/C24H36N4O2.C2HF3O2/c1-5-17(2)14-27-15-20-21(16-27)24(25-22(20)29)10-12-28(13-11-24)23(30)18-6-8-19(9-7-18)26(3)4;3-2(4,5)1(6)7/h6-9,17,20-21H,5,10-16H2,1-4H3,(H,25,29);(H,6,7)/t17?,20-,21+;/m1./s1. The molecule has 3 heterocycles. The fourth-order valence-corrected chi connectivity index (χ4v) is 5.55. The van der Waals surface area contributed by atoms with Gasteiger partial charge in [0.2, 0.25) is 5.91 Å². The number of piperidine rings is 1. The van der Waals surface area contributed by atoms with Gasteiger partial charge in [-0.2, -0.15) is 13.2 Å². The molecule has 2 N–H and O–H groups in total. The van der Waals surface area contributed by atoms with Gasteiger partial charge >= 0.3 is 12.1 Å². The Morgan fingerprint density at radius 3 is 2.22 bits per heavy atom. The molecule has 1 spiro atoms. The highest BCUT2D eigenvalue weighted by Crippen LogP contribution is 2.44. The number of hydrogen-bond acceptors (Lipinski definition) is 5. The third kappa shape index (κ3) is 6.55. The number of amides is 2. The summed E-state index contributed by atoms with van der Waals surface area (Å²) in [6.45, 7) is 8.93. The number of nitrogens with one attached hydrogen (secondary N) is 1. The molecule has 8 nitrogen and oxygen atoms in total. The van der Waals surface area contributed by atoms with E-state index in [0.717, 1.165) is 43.7 Å². The number of carboxylic acid groups (broad SMARTS) is 1. The first-order valence-electron chi connectivity index (χ1n) is 12.7. The van der Waals surface area contributed by atoms with E-state index in [1.165, 1.54) is 6.42 Å². The number of carboxylic acids is 1. The number of rotatable bonds is 5. The SMILES string of the molecule is CCC(C)CN1C[C@H]2C(=O)NC3(CCN(C(=O)c4ccc(N(C)C)cc4)CC3)[C@H]2C1.O=C(O)C(F)(F)F. The van der Waals surface area contributed by atoms with Crippen LogP contribution in [0.1, 0.15) is 43.5 Å². The highest BCUT2D eigenvalue weighted by atomic mass is 19.4. The molecule has 1 aromatic carbocycles. The summed E-state index contributed by atoms with van der Waals surface area (Å²) in [4.78, 5) is 41.1. The van der Waals surface area contributed by atoms with Gasteiger partial charge in [0.25, 0.3) is 5.91 Å². The predicted octanol–water partition coefficient (Wildman–Crippen LogP) is 3.08. The first-order valence-corrected chi connectivity index (χ1v) is 12.7. The van der Waals surface area contributed by atoms with E-state index >= 15 is 0 Å². The Bertz CT molecular complexity index is 975. The quantitative estimate of drug-likeness (QED) is 0.613. The van der Waals surface area contributed by atoms with Gasteiger partial charge in [0.15, 0.2) is 0 Å². The van der Waals surface area contributed by atoms with Crippen LogP contribution in [-0.2, 0) is 9.59 Å². The first-order chi connectivity index (χ1) is 17.3. The van der Waals surface area contributed by atoms with Crippen LogP contribution in [0.2, 0.25) is 0 Å². The van der Waals surface area contributed by atoms with Crippen LogP contribution in [0, 0.1) is 17.8 Å². The van der Waals surface area contributed by atoms with Crippen LogP contribution in [0.25, 0.3) is 0 Å². The molecular weight excluding hydrogens is 489 g/mol. The predicted molar refractivity (Wildman–Crippen MR) is 133 cm³/mol. The minimum absolute atomic E-state index is 0.0980. The minimum atomic E-state index is -5.08. The largest absolute Gasteiger partial charge is 0.490 e. The third-order valence-electron chi connectivity index (χ3n) is 7.90. The second-order valence-electron chi connectivity index (χ2n) is 10.6. The molecule has 3 aliphatic rings. The number of alkyl halides is 3. The van der Waals surface area contributed by atoms with Gasteiger partial charge in [0.05, 0.1) is 5.92 Å². The zero-order chi connectivity index (χ0) is 27.5. The van der Waals surface area contributed by atoms with Crippen LogP contribution in [0.5, 0.6) is 0 Å². The summed E-state index contributed by atoms with van der Waals surface area (Å²) in [5.74, 6) is -1.26. The Labute approximate surface area is 215 Å². The fraction of sp³-hybridized carbons (Fsp3) is 0.654. The Hall–Kier alpha value is -2.82. The lowest BCUT2D eigenvalue weighted by atomic mass is 9.75. The summed E-state index contributed by atoms with van der Waals surface area (Å²) in [5, 5.41) is 10.5. The van der Waals surface area contributed by atoms with Crippen LogP contribution in [-0.4, -0.2) is 91.2 Å². The van der Waals surface area contributed by atoms with E-state index in [2.05, 4.69) is 24.1 Å². The molecule has 0 bridgehead atoms. The maximum atomic E-state index is 13.0. The summed E-state index contributed by atoms with van der Waals surface area (Å²) < 4.78 is 31.7. The molecule has 0 aromatic heterocycles. The van der Waals surface area contributed by atoms with Crippen LogP contribution in [0.3, 0.4) is 0 Å². The Morgan fingerprint density at radius 2 is 1.73 bits per heavy atom. The van der Waals surface area contributed by atoms with Crippen molar-refractivity contribution >= 4 is 23.5 Å². The highest BCUT2D eigenvalue weighted by Gasteiger charge is 2.57. The average molecular weight is 527 g/mol. The first kappa shape index (κ1) is 28.7. The topological polar surface area (TPSA) is 93.2 Å². The van der Waals surface area contributed by atoms with Gasteiger partial charge in [-0.3, -0.25) is 9.59 Å². The maximum Gasteiger partial charge on any atom is 0.490 e. The number of benzene rings is 1. The molecule has 2 amide bonds. The normalized spacial score (nSPS) is 23.6. The lowest BCUT2D eigenvalue weighted by molar-refractivity contribution is -0.192. The monoisotopic (exact) mass is 526 g/mol. The van der Waals surface area contributed by atoms with E-state index in [-0.39, 0.29) is 23.3 Å². The molecule has 0 aliphatic carbocycles. The van der Waals surface area contributed by atoms with Crippen molar-refractivity contribution in [3.63, 3.8) is 0 Å². The Balaban J connectivity index is 0.000000479. The second kappa shape index (κ2) is 11.3. The van der Waals surface area contributed by atoms with Gasteiger partial charge in [-0.15, -0.1) is 0 Å². The second-order valence-corrected chi connectivity index (χ2v) is 10.6. The van der Waals surface area contributed by atoms with Crippen LogP contribution >= 0.6 is 0 Å². The number of carbonyl (C=O) groups is 3. The number of nitrogens with zero attached hydrogens (tertiary/aromatic N) is 3. The smallest absolute Gasteiger partial charge is 0.475 e. The van der Waals surface area contributed by atoms with E-state index in [1.807, 2.05) is 48.2 Å². The minimum Gasteiger partial charge on any atom is -0.475 e. The van der Waals surface area contributed by atoms with Crippen molar-refractivity contribution in [1.82, 2.24) is 15.1 Å². The zero-order valence-electron chi connectivity index (χ0n) is 21.8. The number of aliphatic carboxylic acids is 1. The van der Waals surface area contributed by atoms with Crippen molar-refractivity contribution in [2.75, 3.05) is 51.7 Å². The van der Waals surface area contributed by atoms with Gasteiger partial charge in [0.1, 0.15) is 0 Å². The molecule has 4 rings (SSSR count).